The average Bonchev–Trinajstić information content (AvgIpc) is 2.57. The molecule has 0 atom stereocenters. The highest BCUT2D eigenvalue weighted by atomic mass is 15.1. The second kappa shape index (κ2) is 10.7. The lowest BCUT2D eigenvalue weighted by Gasteiger charge is -2.48. The van der Waals surface area contributed by atoms with E-state index in [0.29, 0.717) is 0 Å². The first-order valence-electron chi connectivity index (χ1n) is 10.6. The van der Waals surface area contributed by atoms with Crippen LogP contribution in [0.1, 0.15) is 110 Å². The third-order valence-electron chi connectivity index (χ3n) is 6.44. The van der Waals surface area contributed by atoms with Crippen LogP contribution in [0.25, 0.3) is 0 Å². The van der Waals surface area contributed by atoms with Crippen molar-refractivity contribution in [1.29, 1.82) is 0 Å². The van der Waals surface area contributed by atoms with Gasteiger partial charge in [-0.15, -0.1) is 0 Å². The first-order chi connectivity index (χ1) is 10.8. The van der Waals surface area contributed by atoms with E-state index in [4.69, 9.17) is 0 Å². The minimum absolute atomic E-state index is 0.785. The minimum Gasteiger partial charge on any atom is -0.303 e. The van der Waals surface area contributed by atoms with E-state index in [0.717, 1.165) is 5.41 Å². The van der Waals surface area contributed by atoms with Gasteiger partial charge in [0.1, 0.15) is 0 Å². The molecular weight excluding hydrogens is 266 g/mol. The highest BCUT2D eigenvalue weighted by Crippen LogP contribution is 2.43. The van der Waals surface area contributed by atoms with Crippen molar-refractivity contribution in [1.82, 2.24) is 4.90 Å². The van der Waals surface area contributed by atoms with Crippen LogP contribution in [-0.4, -0.2) is 24.5 Å². The number of nitrogens with zero attached hydrogens (tertiary/aromatic N) is 1. The highest BCUT2D eigenvalue weighted by molar-refractivity contribution is 4.91. The quantitative estimate of drug-likeness (QED) is 0.348. The van der Waals surface area contributed by atoms with Gasteiger partial charge in [0.05, 0.1) is 0 Å². The van der Waals surface area contributed by atoms with E-state index in [1.165, 1.54) is 122 Å². The van der Waals surface area contributed by atoms with E-state index in [1.807, 2.05) is 0 Å². The molecule has 0 unspecified atom stereocenters. The van der Waals surface area contributed by atoms with Crippen molar-refractivity contribution in [3.05, 3.63) is 0 Å². The molecule has 1 heteroatoms. The molecular formula is C21H41N. The monoisotopic (exact) mass is 307 g/mol. The van der Waals surface area contributed by atoms with Crippen LogP contribution < -0.4 is 0 Å². The van der Waals surface area contributed by atoms with Gasteiger partial charge in [0.2, 0.25) is 0 Å². The molecule has 3 heterocycles. The van der Waals surface area contributed by atoms with E-state index >= 15 is 0 Å². The topological polar surface area (TPSA) is 3.24 Å². The molecule has 0 aromatic heterocycles. The van der Waals surface area contributed by atoms with Crippen LogP contribution in [0.4, 0.5) is 0 Å². The van der Waals surface area contributed by atoms with Gasteiger partial charge in [-0.05, 0) is 50.7 Å². The van der Waals surface area contributed by atoms with Crippen molar-refractivity contribution in [3.8, 4) is 0 Å². The highest BCUT2D eigenvalue weighted by Gasteiger charge is 2.38. The van der Waals surface area contributed by atoms with Crippen molar-refractivity contribution in [2.24, 2.45) is 5.41 Å². The summed E-state index contributed by atoms with van der Waals surface area (Å²) in [6.45, 7) is 6.51. The fourth-order valence-electron chi connectivity index (χ4n) is 4.61. The summed E-state index contributed by atoms with van der Waals surface area (Å²) >= 11 is 0. The smallest absolute Gasteiger partial charge is 0.00134 e. The van der Waals surface area contributed by atoms with Crippen LogP contribution in [0.2, 0.25) is 0 Å². The summed E-state index contributed by atoms with van der Waals surface area (Å²) in [4.78, 5) is 2.67. The summed E-state index contributed by atoms with van der Waals surface area (Å²) in [5, 5.41) is 0. The lowest BCUT2D eigenvalue weighted by molar-refractivity contribution is 0.0180. The third kappa shape index (κ3) is 6.60. The predicted octanol–water partition coefficient (Wildman–Crippen LogP) is 6.56. The Labute approximate surface area is 140 Å². The summed E-state index contributed by atoms with van der Waals surface area (Å²) in [5.74, 6) is 0. The number of rotatable bonds is 13. The summed E-state index contributed by atoms with van der Waals surface area (Å²) in [6, 6.07) is 0. The van der Waals surface area contributed by atoms with Gasteiger partial charge in [-0.2, -0.15) is 0 Å². The Bertz CT molecular complexity index is 251. The van der Waals surface area contributed by atoms with Gasteiger partial charge in [-0.25, -0.2) is 0 Å². The molecule has 0 aromatic rings. The van der Waals surface area contributed by atoms with Crippen molar-refractivity contribution in [2.45, 2.75) is 110 Å². The van der Waals surface area contributed by atoms with Crippen LogP contribution in [0.3, 0.4) is 0 Å². The van der Waals surface area contributed by atoms with Crippen molar-refractivity contribution in [3.63, 3.8) is 0 Å². The largest absolute Gasteiger partial charge is 0.303 e. The first-order valence-corrected chi connectivity index (χ1v) is 10.6. The van der Waals surface area contributed by atoms with E-state index in [9.17, 15) is 0 Å². The second-order valence-electron chi connectivity index (χ2n) is 8.23. The van der Waals surface area contributed by atoms with Crippen LogP contribution in [0.5, 0.6) is 0 Å². The minimum atomic E-state index is 0.785. The Balaban J connectivity index is 1.34. The fourth-order valence-corrected chi connectivity index (χ4v) is 4.61. The van der Waals surface area contributed by atoms with Gasteiger partial charge in [0.15, 0.2) is 0 Å². The molecule has 0 aliphatic carbocycles. The molecule has 1 nitrogen and oxygen atoms in total. The van der Waals surface area contributed by atoms with Crippen LogP contribution in [0, 0.1) is 5.41 Å². The molecule has 3 aliphatic heterocycles. The Kier molecular flexibility index (Phi) is 8.89. The summed E-state index contributed by atoms with van der Waals surface area (Å²) in [7, 11) is 0. The Hall–Kier alpha value is -0.0400. The maximum Gasteiger partial charge on any atom is -0.00134 e. The van der Waals surface area contributed by atoms with E-state index in [2.05, 4.69) is 11.8 Å². The first kappa shape index (κ1) is 18.3. The summed E-state index contributed by atoms with van der Waals surface area (Å²) in [5.41, 5.74) is 0.785. The Morgan fingerprint density at radius 3 is 1.45 bits per heavy atom. The van der Waals surface area contributed by atoms with Crippen LogP contribution in [-0.2, 0) is 0 Å². The zero-order valence-corrected chi connectivity index (χ0v) is 15.4. The van der Waals surface area contributed by atoms with Gasteiger partial charge in [0, 0.05) is 0 Å². The van der Waals surface area contributed by atoms with Crippen LogP contribution >= 0.6 is 0 Å². The summed E-state index contributed by atoms with van der Waals surface area (Å²) < 4.78 is 0. The molecule has 0 aromatic carbocycles. The number of piperidine rings is 3. The summed E-state index contributed by atoms with van der Waals surface area (Å²) in [6.07, 6.45) is 23.8. The van der Waals surface area contributed by atoms with Gasteiger partial charge in [0.25, 0.3) is 0 Å². The van der Waals surface area contributed by atoms with Gasteiger partial charge in [-0.3, -0.25) is 0 Å². The Morgan fingerprint density at radius 1 is 0.591 bits per heavy atom. The SMILES string of the molecule is CCCCCCCCCCCCCCC12CCN(CC1)CC2. The lowest BCUT2D eigenvalue weighted by atomic mass is 9.69. The molecule has 0 saturated carbocycles. The zero-order valence-electron chi connectivity index (χ0n) is 15.4. The van der Waals surface area contributed by atoms with E-state index in [1.54, 1.807) is 0 Å². The molecule has 3 rings (SSSR count). The fraction of sp³-hybridized carbons (Fsp3) is 1.00. The van der Waals surface area contributed by atoms with Crippen molar-refractivity contribution >= 4 is 0 Å². The Morgan fingerprint density at radius 2 is 1.00 bits per heavy atom. The number of hydrogen-bond donors (Lipinski definition) is 0. The number of fused-ring (bicyclic) bond motifs is 3. The predicted molar refractivity (Wildman–Crippen MR) is 98.4 cm³/mol. The van der Waals surface area contributed by atoms with Gasteiger partial charge in [-0.1, -0.05) is 84.0 Å². The van der Waals surface area contributed by atoms with Crippen LogP contribution in [0.15, 0.2) is 0 Å². The molecule has 3 aliphatic rings. The molecule has 0 N–H and O–H groups in total. The maximum atomic E-state index is 2.67. The molecule has 3 fully saturated rings. The molecule has 3 saturated heterocycles. The van der Waals surface area contributed by atoms with E-state index in [-0.39, 0.29) is 0 Å². The van der Waals surface area contributed by atoms with Crippen molar-refractivity contribution < 1.29 is 0 Å². The zero-order chi connectivity index (χ0) is 15.5. The average molecular weight is 308 g/mol. The maximum absolute atomic E-state index is 2.67. The van der Waals surface area contributed by atoms with Gasteiger partial charge >= 0.3 is 0 Å². The normalized spacial score (nSPS) is 27.4. The second-order valence-corrected chi connectivity index (χ2v) is 8.23. The lowest BCUT2D eigenvalue weighted by Crippen LogP contribution is -2.48. The van der Waals surface area contributed by atoms with E-state index < -0.39 is 0 Å². The molecule has 0 radical (unpaired) electrons. The third-order valence-corrected chi connectivity index (χ3v) is 6.44. The number of unbranched alkanes of at least 4 members (excludes halogenated alkanes) is 11. The molecule has 0 spiro atoms. The standard InChI is InChI=1S/C21H41N/c1-2-3-4-5-6-7-8-9-10-11-12-13-14-21-15-18-22(19-16-21)20-17-21/h2-20H2,1H3. The molecule has 2 bridgehead atoms. The molecule has 22 heavy (non-hydrogen) atoms. The molecule has 0 amide bonds. The van der Waals surface area contributed by atoms with Gasteiger partial charge < -0.3 is 4.90 Å². The molecule has 130 valence electrons. The van der Waals surface area contributed by atoms with Crippen molar-refractivity contribution in [2.75, 3.05) is 19.6 Å². The number of hydrogen-bond acceptors (Lipinski definition) is 1.